The minimum atomic E-state index is -1.01. The summed E-state index contributed by atoms with van der Waals surface area (Å²) in [5, 5.41) is 5.22. The van der Waals surface area contributed by atoms with E-state index in [9.17, 15) is 18.4 Å². The number of carbonyl (C=O) groups is 2. The molecule has 0 aliphatic rings. The Morgan fingerprint density at radius 3 is 2.13 bits per heavy atom. The number of hydrogen-bond donors (Lipinski definition) is 2. The van der Waals surface area contributed by atoms with Crippen LogP contribution in [0.3, 0.4) is 0 Å². The Morgan fingerprint density at radius 2 is 1.63 bits per heavy atom. The number of anilines is 1. The van der Waals surface area contributed by atoms with Gasteiger partial charge in [0.25, 0.3) is 5.91 Å². The Hall–Kier alpha value is -2.96. The molecule has 30 heavy (non-hydrogen) atoms. The summed E-state index contributed by atoms with van der Waals surface area (Å²) in [4.78, 5) is 25.4. The van der Waals surface area contributed by atoms with Gasteiger partial charge in [0.05, 0.1) is 12.8 Å². The van der Waals surface area contributed by atoms with Crippen LogP contribution in [0.15, 0.2) is 36.4 Å². The molecule has 5 nitrogen and oxygen atoms in total. The number of halogens is 2. The fraction of sp³-hybridized carbons (Fsp3) is 0.391. The van der Waals surface area contributed by atoms with Crippen LogP contribution in [0.4, 0.5) is 14.5 Å². The number of amides is 2. The molecule has 0 unspecified atom stereocenters. The fourth-order valence-corrected chi connectivity index (χ4v) is 2.95. The largest absolute Gasteiger partial charge is 0.495 e. The predicted octanol–water partition coefficient (Wildman–Crippen LogP) is 4.66. The molecular weight excluding hydrogens is 390 g/mol. The maximum absolute atomic E-state index is 13.9. The van der Waals surface area contributed by atoms with Crippen molar-refractivity contribution >= 4 is 17.5 Å². The van der Waals surface area contributed by atoms with Crippen LogP contribution in [0, 0.1) is 17.6 Å². The van der Waals surface area contributed by atoms with E-state index in [1.54, 1.807) is 19.9 Å². The van der Waals surface area contributed by atoms with E-state index in [4.69, 9.17) is 4.74 Å². The van der Waals surface area contributed by atoms with Crippen LogP contribution < -0.4 is 15.4 Å². The molecule has 2 rings (SSSR count). The lowest BCUT2D eigenvalue weighted by Crippen LogP contribution is -2.47. The lowest BCUT2D eigenvalue weighted by atomic mass is 9.86. The third kappa shape index (κ3) is 5.34. The molecule has 0 spiro atoms. The van der Waals surface area contributed by atoms with E-state index in [0.29, 0.717) is 11.4 Å². The zero-order chi connectivity index (χ0) is 22.6. The number of benzene rings is 2. The lowest BCUT2D eigenvalue weighted by Gasteiger charge is -2.24. The summed E-state index contributed by atoms with van der Waals surface area (Å²) in [6.45, 7) is 9.58. The summed E-state index contributed by atoms with van der Waals surface area (Å²) < 4.78 is 33.2. The van der Waals surface area contributed by atoms with Crippen molar-refractivity contribution in [1.82, 2.24) is 5.32 Å². The van der Waals surface area contributed by atoms with Crippen molar-refractivity contribution in [1.29, 1.82) is 0 Å². The zero-order valence-corrected chi connectivity index (χ0v) is 18.1. The molecule has 2 amide bonds. The van der Waals surface area contributed by atoms with E-state index in [1.165, 1.54) is 13.2 Å². The summed E-state index contributed by atoms with van der Waals surface area (Å²) >= 11 is 0. The van der Waals surface area contributed by atoms with Crippen molar-refractivity contribution in [3.63, 3.8) is 0 Å². The normalized spacial score (nSPS) is 12.4. The van der Waals surface area contributed by atoms with Gasteiger partial charge in [-0.15, -0.1) is 0 Å². The van der Waals surface area contributed by atoms with E-state index in [2.05, 4.69) is 10.6 Å². The summed E-state index contributed by atoms with van der Waals surface area (Å²) in [5.74, 6) is -3.36. The first-order valence-electron chi connectivity index (χ1n) is 9.70. The first-order valence-corrected chi connectivity index (χ1v) is 9.70. The molecule has 2 N–H and O–H groups in total. The second-order valence-corrected chi connectivity index (χ2v) is 8.45. The minimum Gasteiger partial charge on any atom is -0.495 e. The highest BCUT2D eigenvalue weighted by atomic mass is 19.1. The van der Waals surface area contributed by atoms with Gasteiger partial charge in [-0.1, -0.05) is 46.8 Å². The van der Waals surface area contributed by atoms with E-state index in [-0.39, 0.29) is 11.3 Å². The molecular formula is C23H28F2N2O3. The molecule has 0 saturated heterocycles. The van der Waals surface area contributed by atoms with E-state index in [1.807, 2.05) is 32.9 Å². The highest BCUT2D eigenvalue weighted by Gasteiger charge is 2.28. The molecule has 0 fully saturated rings. The van der Waals surface area contributed by atoms with Gasteiger partial charge in [0.1, 0.15) is 29.0 Å². The molecule has 2 aromatic rings. The number of nitrogens with one attached hydrogen (secondary N) is 2. The van der Waals surface area contributed by atoms with Gasteiger partial charge in [-0.2, -0.15) is 0 Å². The quantitative estimate of drug-likeness (QED) is 0.717. The van der Waals surface area contributed by atoms with Crippen LogP contribution >= 0.6 is 0 Å². The van der Waals surface area contributed by atoms with Gasteiger partial charge in [-0.05, 0) is 41.2 Å². The third-order valence-corrected chi connectivity index (χ3v) is 4.75. The van der Waals surface area contributed by atoms with Crippen molar-refractivity contribution in [2.45, 2.75) is 46.1 Å². The van der Waals surface area contributed by atoms with Crippen LogP contribution in [-0.2, 0) is 10.2 Å². The van der Waals surface area contributed by atoms with Gasteiger partial charge in [0.15, 0.2) is 0 Å². The number of carbonyl (C=O) groups excluding carboxylic acids is 2. The molecule has 0 radical (unpaired) electrons. The average Bonchev–Trinajstić information content (AvgIpc) is 2.64. The van der Waals surface area contributed by atoms with Crippen molar-refractivity contribution in [2.75, 3.05) is 12.4 Å². The molecule has 0 aromatic heterocycles. The van der Waals surface area contributed by atoms with Crippen LogP contribution in [0.1, 0.15) is 50.5 Å². The first kappa shape index (κ1) is 23.3. The molecule has 0 heterocycles. The summed E-state index contributed by atoms with van der Waals surface area (Å²) in [7, 11) is 1.49. The Kier molecular flexibility index (Phi) is 7.18. The molecule has 0 bridgehead atoms. The Labute approximate surface area is 175 Å². The number of methoxy groups -OCH3 is 1. The van der Waals surface area contributed by atoms with Gasteiger partial charge in [0, 0.05) is 0 Å². The van der Waals surface area contributed by atoms with Crippen molar-refractivity contribution in [2.24, 2.45) is 5.92 Å². The minimum absolute atomic E-state index is 0.153. The molecule has 1 atom stereocenters. The molecule has 2 aromatic carbocycles. The maximum atomic E-state index is 13.9. The van der Waals surface area contributed by atoms with Crippen molar-refractivity contribution < 1.29 is 23.1 Å². The predicted molar refractivity (Wildman–Crippen MR) is 113 cm³/mol. The monoisotopic (exact) mass is 418 g/mol. The SMILES string of the molecule is COc1ccc(C(C)(C)C)cc1NC(=O)[C@@H](NC(=O)c1c(F)cccc1F)C(C)C. The lowest BCUT2D eigenvalue weighted by molar-refractivity contribution is -0.118. The summed E-state index contributed by atoms with van der Waals surface area (Å²) in [6.07, 6.45) is 0. The fourth-order valence-electron chi connectivity index (χ4n) is 2.95. The average molecular weight is 418 g/mol. The van der Waals surface area contributed by atoms with Gasteiger partial charge in [-0.25, -0.2) is 8.78 Å². The van der Waals surface area contributed by atoms with Gasteiger partial charge < -0.3 is 15.4 Å². The highest BCUT2D eigenvalue weighted by Crippen LogP contribution is 2.31. The van der Waals surface area contributed by atoms with Crippen molar-refractivity contribution in [3.8, 4) is 5.75 Å². The van der Waals surface area contributed by atoms with Gasteiger partial charge >= 0.3 is 0 Å². The standard InChI is InChI=1S/C23H28F2N2O3/c1-13(2)20(27-21(28)19-15(24)8-7-9-16(19)25)22(29)26-17-12-14(23(3,4)5)10-11-18(17)30-6/h7-13,20H,1-6H3,(H,26,29)(H,27,28)/t20-/m0/s1. The molecule has 162 valence electrons. The first-order chi connectivity index (χ1) is 14.0. The van der Waals surface area contributed by atoms with Gasteiger partial charge in [0.2, 0.25) is 5.91 Å². The van der Waals surface area contributed by atoms with E-state index < -0.39 is 35.1 Å². The topological polar surface area (TPSA) is 67.4 Å². The van der Waals surface area contributed by atoms with E-state index in [0.717, 1.165) is 17.7 Å². The Morgan fingerprint density at radius 1 is 1.03 bits per heavy atom. The number of hydrogen-bond acceptors (Lipinski definition) is 3. The second kappa shape index (κ2) is 9.24. The summed E-state index contributed by atoms with van der Waals surface area (Å²) in [5.41, 5.74) is 0.562. The van der Waals surface area contributed by atoms with E-state index >= 15 is 0 Å². The number of rotatable bonds is 6. The Balaban J connectivity index is 2.29. The van der Waals surface area contributed by atoms with Crippen LogP contribution in [0.25, 0.3) is 0 Å². The molecule has 0 saturated carbocycles. The summed E-state index contributed by atoms with van der Waals surface area (Å²) in [6, 6.07) is 7.62. The molecule has 0 aliphatic carbocycles. The van der Waals surface area contributed by atoms with Crippen LogP contribution in [-0.4, -0.2) is 25.0 Å². The maximum Gasteiger partial charge on any atom is 0.257 e. The zero-order valence-electron chi connectivity index (χ0n) is 18.1. The third-order valence-electron chi connectivity index (χ3n) is 4.75. The molecule has 7 heteroatoms. The molecule has 0 aliphatic heterocycles. The Bertz CT molecular complexity index is 916. The van der Waals surface area contributed by atoms with Gasteiger partial charge in [-0.3, -0.25) is 9.59 Å². The van der Waals surface area contributed by atoms with Crippen LogP contribution in [0.5, 0.6) is 5.75 Å². The van der Waals surface area contributed by atoms with Crippen LogP contribution in [0.2, 0.25) is 0 Å². The smallest absolute Gasteiger partial charge is 0.257 e. The van der Waals surface area contributed by atoms with Crippen molar-refractivity contribution in [3.05, 3.63) is 59.2 Å². The highest BCUT2D eigenvalue weighted by molar-refractivity contribution is 6.02. The second-order valence-electron chi connectivity index (χ2n) is 8.45. The number of ether oxygens (including phenoxy) is 1.